The smallest absolute Gasteiger partial charge is 0.417 e. The molecule has 5 nitrogen and oxygen atoms in total. The minimum absolute atomic E-state index is 0.0186. The zero-order valence-electron chi connectivity index (χ0n) is 17.6. The van der Waals surface area contributed by atoms with Crippen LogP contribution in [0.1, 0.15) is 17.5 Å². The molecular weight excluding hydrogens is 455 g/mol. The summed E-state index contributed by atoms with van der Waals surface area (Å²) in [7, 11) is 1.52. The summed E-state index contributed by atoms with van der Waals surface area (Å²) >= 11 is 5.94. The maximum absolute atomic E-state index is 13.9. The molecule has 0 aliphatic rings. The van der Waals surface area contributed by atoms with Gasteiger partial charge in [-0.15, -0.1) is 0 Å². The van der Waals surface area contributed by atoms with E-state index in [0.29, 0.717) is 17.0 Å². The molecule has 0 saturated heterocycles. The molecule has 0 N–H and O–H groups in total. The number of fused-ring (bicyclic) bond motifs is 1. The third-order valence-corrected chi connectivity index (χ3v) is 5.32. The highest BCUT2D eigenvalue weighted by molar-refractivity contribution is 6.30. The molecule has 170 valence electrons. The van der Waals surface area contributed by atoms with Gasteiger partial charge in [0, 0.05) is 30.1 Å². The number of ketones is 1. The van der Waals surface area contributed by atoms with Crippen molar-refractivity contribution < 1.29 is 22.7 Å². The Hall–Kier alpha value is -3.39. The zero-order valence-corrected chi connectivity index (χ0v) is 18.3. The Morgan fingerprint density at radius 2 is 1.85 bits per heavy atom. The van der Waals surface area contributed by atoms with Crippen LogP contribution in [0.15, 0.2) is 60.7 Å². The number of carbonyl (C=O) groups excluding carboxylic acids is 1. The number of alkyl halides is 3. The van der Waals surface area contributed by atoms with E-state index in [2.05, 4.69) is 10.1 Å². The van der Waals surface area contributed by atoms with Crippen LogP contribution in [0, 0.1) is 0 Å². The van der Waals surface area contributed by atoms with Crippen LogP contribution in [-0.2, 0) is 24.4 Å². The van der Waals surface area contributed by atoms with Gasteiger partial charge in [-0.25, -0.2) is 4.68 Å². The highest BCUT2D eigenvalue weighted by Gasteiger charge is 2.36. The van der Waals surface area contributed by atoms with Crippen LogP contribution < -0.4 is 4.74 Å². The molecule has 2 heterocycles. The van der Waals surface area contributed by atoms with Crippen molar-refractivity contribution in [3.63, 3.8) is 0 Å². The van der Waals surface area contributed by atoms with Gasteiger partial charge in [-0.05, 0) is 24.1 Å². The number of benzene rings is 2. The fourth-order valence-corrected chi connectivity index (χ4v) is 3.73. The molecule has 2 aromatic heterocycles. The van der Waals surface area contributed by atoms with E-state index >= 15 is 0 Å². The number of halogens is 4. The molecule has 9 heteroatoms. The van der Waals surface area contributed by atoms with Crippen LogP contribution >= 0.6 is 11.6 Å². The second-order valence-corrected chi connectivity index (χ2v) is 7.94. The molecule has 2 aromatic carbocycles. The molecule has 33 heavy (non-hydrogen) atoms. The summed E-state index contributed by atoms with van der Waals surface area (Å²) in [5, 5.41) is 4.72. The van der Waals surface area contributed by atoms with Crippen LogP contribution in [0.5, 0.6) is 5.88 Å². The second kappa shape index (κ2) is 9.23. The Bertz CT molecular complexity index is 1300. The molecule has 0 spiro atoms. The van der Waals surface area contributed by atoms with Gasteiger partial charge in [-0.3, -0.25) is 4.79 Å². The lowest BCUT2D eigenvalue weighted by Gasteiger charge is -2.12. The molecule has 0 atom stereocenters. The van der Waals surface area contributed by atoms with Gasteiger partial charge < -0.3 is 4.74 Å². The van der Waals surface area contributed by atoms with Gasteiger partial charge in [0.1, 0.15) is 12.3 Å². The predicted molar refractivity (Wildman–Crippen MR) is 119 cm³/mol. The Morgan fingerprint density at radius 1 is 1.09 bits per heavy atom. The molecule has 0 fully saturated rings. The number of hydrogen-bond donors (Lipinski definition) is 0. The average Bonchev–Trinajstić information content (AvgIpc) is 3.12. The van der Waals surface area contributed by atoms with Crippen molar-refractivity contribution in [2.45, 2.75) is 19.0 Å². The first kappa shape index (κ1) is 22.8. The van der Waals surface area contributed by atoms with Gasteiger partial charge in [0.15, 0.2) is 11.4 Å². The molecule has 0 unspecified atom stereocenters. The third kappa shape index (κ3) is 5.17. The van der Waals surface area contributed by atoms with Crippen molar-refractivity contribution in [3.05, 3.63) is 76.8 Å². The van der Waals surface area contributed by atoms with Crippen LogP contribution in [0.25, 0.3) is 22.3 Å². The first-order chi connectivity index (χ1) is 15.7. The monoisotopic (exact) mass is 473 g/mol. The topological polar surface area (TPSA) is 57.0 Å². The molecular formula is C24H19ClF3N3O2. The predicted octanol–water partition coefficient (Wildman–Crippen LogP) is 5.89. The van der Waals surface area contributed by atoms with Crippen LogP contribution in [0.2, 0.25) is 5.02 Å². The SMILES string of the molecule is Cn1nc(-c2ccccc2)c2c(C(F)(F)F)cc(OCC(=O)CCc3cccc(Cl)c3)nc21. The molecule has 0 aliphatic heterocycles. The number of rotatable bonds is 7. The van der Waals surface area contributed by atoms with Gasteiger partial charge in [0.05, 0.1) is 10.9 Å². The van der Waals surface area contributed by atoms with E-state index in [0.717, 1.165) is 11.6 Å². The van der Waals surface area contributed by atoms with Crippen molar-refractivity contribution >= 4 is 28.4 Å². The maximum Gasteiger partial charge on any atom is 0.417 e. The Labute approximate surface area is 192 Å². The van der Waals surface area contributed by atoms with E-state index in [9.17, 15) is 18.0 Å². The summed E-state index contributed by atoms with van der Waals surface area (Å²) in [5.41, 5.74) is 0.710. The molecule has 0 amide bonds. The van der Waals surface area contributed by atoms with E-state index in [4.69, 9.17) is 16.3 Å². The number of hydrogen-bond acceptors (Lipinski definition) is 4. The minimum atomic E-state index is -4.66. The standard InChI is InChI=1S/C24H19ClF3N3O2/c1-31-23-21(22(30-31)16-7-3-2-4-8-16)19(24(26,27)28)13-20(29-23)33-14-18(32)11-10-15-6-5-9-17(25)12-15/h2-9,12-13H,10-11,14H2,1H3. The Kier molecular flexibility index (Phi) is 6.37. The van der Waals surface area contributed by atoms with Crippen molar-refractivity contribution in [1.82, 2.24) is 14.8 Å². The van der Waals surface area contributed by atoms with Crippen molar-refractivity contribution in [2.75, 3.05) is 6.61 Å². The van der Waals surface area contributed by atoms with Crippen molar-refractivity contribution in [3.8, 4) is 17.1 Å². The summed E-state index contributed by atoms with van der Waals surface area (Å²) in [5.74, 6) is -0.547. The fourth-order valence-electron chi connectivity index (χ4n) is 3.52. The number of ether oxygens (including phenoxy) is 1. The third-order valence-electron chi connectivity index (χ3n) is 5.09. The lowest BCUT2D eigenvalue weighted by atomic mass is 10.0. The number of nitrogens with zero attached hydrogens (tertiary/aromatic N) is 3. The quantitative estimate of drug-likeness (QED) is 0.336. The lowest BCUT2D eigenvalue weighted by molar-refractivity contribution is -0.136. The number of Topliss-reactive ketones (excluding diaryl/α,β-unsaturated/α-hetero) is 1. The van der Waals surface area contributed by atoms with Crippen LogP contribution in [0.4, 0.5) is 13.2 Å². The molecule has 0 bridgehead atoms. The van der Waals surface area contributed by atoms with Gasteiger partial charge in [0.2, 0.25) is 5.88 Å². The summed E-state index contributed by atoms with van der Waals surface area (Å²) in [6.07, 6.45) is -4.05. The Balaban J connectivity index is 1.59. The molecule has 0 saturated carbocycles. The molecule has 0 aliphatic carbocycles. The fraction of sp³-hybridized carbons (Fsp3) is 0.208. The van der Waals surface area contributed by atoms with E-state index in [1.165, 1.54) is 11.7 Å². The summed E-state index contributed by atoms with van der Waals surface area (Å²) in [4.78, 5) is 16.5. The number of aromatic nitrogens is 3. The van der Waals surface area contributed by atoms with E-state index in [1.807, 2.05) is 6.07 Å². The first-order valence-corrected chi connectivity index (χ1v) is 10.5. The normalized spacial score (nSPS) is 11.7. The van der Waals surface area contributed by atoms with Gasteiger partial charge >= 0.3 is 6.18 Å². The zero-order chi connectivity index (χ0) is 23.6. The largest absolute Gasteiger partial charge is 0.470 e. The highest BCUT2D eigenvalue weighted by atomic mass is 35.5. The lowest BCUT2D eigenvalue weighted by Crippen LogP contribution is -2.14. The van der Waals surface area contributed by atoms with E-state index < -0.39 is 11.7 Å². The molecule has 4 rings (SSSR count). The number of carbonyl (C=O) groups is 1. The van der Waals surface area contributed by atoms with Crippen LogP contribution in [-0.4, -0.2) is 27.2 Å². The first-order valence-electron chi connectivity index (χ1n) is 10.1. The van der Waals surface area contributed by atoms with E-state index in [1.54, 1.807) is 48.5 Å². The van der Waals surface area contributed by atoms with E-state index in [-0.39, 0.29) is 41.4 Å². The number of pyridine rings is 1. The number of aryl methyl sites for hydroxylation is 2. The Morgan fingerprint density at radius 3 is 2.55 bits per heavy atom. The summed E-state index contributed by atoms with van der Waals surface area (Å²) < 4.78 is 48.5. The summed E-state index contributed by atoms with van der Waals surface area (Å²) in [6, 6.07) is 16.5. The molecule has 4 aromatic rings. The second-order valence-electron chi connectivity index (χ2n) is 7.50. The summed E-state index contributed by atoms with van der Waals surface area (Å²) in [6.45, 7) is -0.389. The minimum Gasteiger partial charge on any atom is -0.470 e. The average molecular weight is 474 g/mol. The van der Waals surface area contributed by atoms with Gasteiger partial charge in [-0.2, -0.15) is 23.3 Å². The van der Waals surface area contributed by atoms with Crippen molar-refractivity contribution in [1.29, 1.82) is 0 Å². The molecule has 0 radical (unpaired) electrons. The highest BCUT2D eigenvalue weighted by Crippen LogP contribution is 2.40. The van der Waals surface area contributed by atoms with Crippen molar-refractivity contribution in [2.24, 2.45) is 7.05 Å². The maximum atomic E-state index is 13.9. The van der Waals surface area contributed by atoms with Gasteiger partial charge in [-0.1, -0.05) is 54.1 Å². The van der Waals surface area contributed by atoms with Gasteiger partial charge in [0.25, 0.3) is 0 Å². The van der Waals surface area contributed by atoms with Crippen LogP contribution in [0.3, 0.4) is 0 Å².